The van der Waals surface area contributed by atoms with Gasteiger partial charge in [-0.15, -0.1) is 0 Å². The standard InChI is InChI=1S/C23H30ClN3O4S/c1-6-25-23(29)18(4)26(14-19-10-8-7-9-16(19)2)22(28)15-27(32(5,30)31)21-12-11-20(24)13-17(21)3/h7-13,18H,6,14-15H2,1-5H3,(H,25,29). The zero-order valence-electron chi connectivity index (χ0n) is 19.1. The van der Waals surface area contributed by atoms with Gasteiger partial charge in [0.25, 0.3) is 0 Å². The molecule has 1 atom stereocenters. The van der Waals surface area contributed by atoms with Crippen molar-refractivity contribution < 1.29 is 18.0 Å². The third-order valence-electron chi connectivity index (χ3n) is 5.23. The van der Waals surface area contributed by atoms with E-state index in [1.807, 2.05) is 31.2 Å². The van der Waals surface area contributed by atoms with E-state index < -0.39 is 28.5 Å². The number of halogens is 1. The van der Waals surface area contributed by atoms with E-state index in [0.717, 1.165) is 21.7 Å². The second kappa shape index (κ2) is 10.8. The summed E-state index contributed by atoms with van der Waals surface area (Å²) in [5.74, 6) is -0.783. The Bertz CT molecular complexity index is 1090. The Morgan fingerprint density at radius 2 is 1.75 bits per heavy atom. The van der Waals surface area contributed by atoms with Crippen LogP contribution in [0.3, 0.4) is 0 Å². The Morgan fingerprint density at radius 1 is 1.09 bits per heavy atom. The lowest BCUT2D eigenvalue weighted by molar-refractivity contribution is -0.139. The van der Waals surface area contributed by atoms with Crippen LogP contribution in [0.5, 0.6) is 0 Å². The molecule has 174 valence electrons. The van der Waals surface area contributed by atoms with Crippen LogP contribution in [-0.2, 0) is 26.2 Å². The molecule has 0 spiro atoms. The van der Waals surface area contributed by atoms with Crippen molar-refractivity contribution in [3.05, 3.63) is 64.2 Å². The Hall–Kier alpha value is -2.58. The number of hydrogen-bond acceptors (Lipinski definition) is 4. The second-order valence-corrected chi connectivity index (χ2v) is 10.1. The molecular formula is C23H30ClN3O4S. The third kappa shape index (κ3) is 6.46. The number of benzene rings is 2. The van der Waals surface area contributed by atoms with Gasteiger partial charge in [-0.1, -0.05) is 35.9 Å². The summed E-state index contributed by atoms with van der Waals surface area (Å²) in [7, 11) is -3.78. The highest BCUT2D eigenvalue weighted by atomic mass is 35.5. The van der Waals surface area contributed by atoms with E-state index in [9.17, 15) is 18.0 Å². The highest BCUT2D eigenvalue weighted by molar-refractivity contribution is 7.92. The highest BCUT2D eigenvalue weighted by Crippen LogP contribution is 2.26. The van der Waals surface area contributed by atoms with Gasteiger partial charge in [0.15, 0.2) is 0 Å². The summed E-state index contributed by atoms with van der Waals surface area (Å²) in [5.41, 5.74) is 2.84. The van der Waals surface area contributed by atoms with E-state index in [1.165, 1.54) is 4.90 Å². The molecule has 7 nitrogen and oxygen atoms in total. The van der Waals surface area contributed by atoms with Crippen molar-refractivity contribution in [2.45, 2.75) is 40.3 Å². The first-order valence-corrected chi connectivity index (χ1v) is 12.5. The number of rotatable bonds is 9. The third-order valence-corrected chi connectivity index (χ3v) is 6.59. The molecule has 1 unspecified atom stereocenters. The van der Waals surface area contributed by atoms with Gasteiger partial charge in [0.05, 0.1) is 11.9 Å². The van der Waals surface area contributed by atoms with Crippen molar-refractivity contribution in [1.82, 2.24) is 10.2 Å². The van der Waals surface area contributed by atoms with E-state index in [2.05, 4.69) is 5.32 Å². The van der Waals surface area contributed by atoms with Crippen molar-refractivity contribution in [2.75, 3.05) is 23.7 Å². The first kappa shape index (κ1) is 25.7. The first-order chi connectivity index (χ1) is 15.0. The number of amides is 2. The van der Waals surface area contributed by atoms with Crippen molar-refractivity contribution in [3.63, 3.8) is 0 Å². The summed E-state index contributed by atoms with van der Waals surface area (Å²) >= 11 is 6.02. The molecule has 0 aliphatic heterocycles. The average molecular weight is 480 g/mol. The van der Waals surface area contributed by atoms with E-state index in [0.29, 0.717) is 22.8 Å². The maximum absolute atomic E-state index is 13.4. The molecule has 0 aromatic heterocycles. The maximum atomic E-state index is 13.4. The quantitative estimate of drug-likeness (QED) is 0.598. The van der Waals surface area contributed by atoms with Crippen LogP contribution in [0.4, 0.5) is 5.69 Å². The molecule has 2 aromatic carbocycles. The van der Waals surface area contributed by atoms with E-state index in [1.54, 1.807) is 39.0 Å². The number of hydrogen-bond donors (Lipinski definition) is 1. The second-order valence-electron chi connectivity index (χ2n) is 7.72. The van der Waals surface area contributed by atoms with Crippen LogP contribution in [0, 0.1) is 13.8 Å². The summed E-state index contributed by atoms with van der Waals surface area (Å²) in [5, 5.41) is 3.20. The monoisotopic (exact) mass is 479 g/mol. The van der Waals surface area contributed by atoms with Crippen LogP contribution in [0.25, 0.3) is 0 Å². The molecule has 2 amide bonds. The minimum absolute atomic E-state index is 0.182. The summed E-state index contributed by atoms with van der Waals surface area (Å²) < 4.78 is 26.2. The number of likely N-dealkylation sites (N-methyl/N-ethyl adjacent to an activating group) is 1. The lowest BCUT2D eigenvalue weighted by Gasteiger charge is -2.32. The number of anilines is 1. The molecule has 0 aliphatic carbocycles. The number of carbonyl (C=O) groups is 2. The van der Waals surface area contributed by atoms with Crippen molar-refractivity contribution in [1.29, 1.82) is 0 Å². The Kier molecular flexibility index (Phi) is 8.69. The number of nitrogens with one attached hydrogen (secondary N) is 1. The fourth-order valence-corrected chi connectivity index (χ4v) is 4.50. The lowest BCUT2D eigenvalue weighted by Crippen LogP contribution is -2.51. The molecule has 9 heteroatoms. The van der Waals surface area contributed by atoms with Gasteiger partial charge >= 0.3 is 0 Å². The molecule has 32 heavy (non-hydrogen) atoms. The molecule has 0 bridgehead atoms. The largest absolute Gasteiger partial charge is 0.355 e. The molecule has 0 saturated carbocycles. The molecular weight excluding hydrogens is 450 g/mol. The predicted molar refractivity (Wildman–Crippen MR) is 128 cm³/mol. The fraction of sp³-hybridized carbons (Fsp3) is 0.391. The van der Waals surface area contributed by atoms with Gasteiger partial charge in [-0.2, -0.15) is 0 Å². The van der Waals surface area contributed by atoms with Gasteiger partial charge in [0.1, 0.15) is 12.6 Å². The zero-order valence-corrected chi connectivity index (χ0v) is 20.6. The van der Waals surface area contributed by atoms with Crippen LogP contribution >= 0.6 is 11.6 Å². The highest BCUT2D eigenvalue weighted by Gasteiger charge is 2.30. The van der Waals surface area contributed by atoms with Gasteiger partial charge < -0.3 is 10.2 Å². The van der Waals surface area contributed by atoms with Crippen LogP contribution in [0.1, 0.15) is 30.5 Å². The minimum Gasteiger partial charge on any atom is -0.355 e. The van der Waals surface area contributed by atoms with Crippen molar-refractivity contribution in [3.8, 4) is 0 Å². The summed E-state index contributed by atoms with van der Waals surface area (Å²) in [4.78, 5) is 27.4. The van der Waals surface area contributed by atoms with Crippen molar-refractivity contribution in [2.24, 2.45) is 0 Å². The van der Waals surface area contributed by atoms with Crippen LogP contribution in [-0.4, -0.2) is 50.5 Å². The summed E-state index contributed by atoms with van der Waals surface area (Å²) in [6.07, 6.45) is 1.05. The number of carbonyl (C=O) groups excluding carboxylic acids is 2. The molecule has 2 rings (SSSR count). The molecule has 0 saturated heterocycles. The molecule has 2 aromatic rings. The van der Waals surface area contributed by atoms with Crippen LogP contribution in [0.2, 0.25) is 5.02 Å². The van der Waals surface area contributed by atoms with E-state index >= 15 is 0 Å². The van der Waals surface area contributed by atoms with Gasteiger partial charge in [-0.25, -0.2) is 8.42 Å². The topological polar surface area (TPSA) is 86.8 Å². The summed E-state index contributed by atoms with van der Waals surface area (Å²) in [6.45, 7) is 7.26. The smallest absolute Gasteiger partial charge is 0.244 e. The van der Waals surface area contributed by atoms with Crippen molar-refractivity contribution >= 4 is 39.1 Å². The van der Waals surface area contributed by atoms with Crippen LogP contribution < -0.4 is 9.62 Å². The zero-order chi connectivity index (χ0) is 24.1. The Labute approximate surface area is 195 Å². The number of sulfonamides is 1. The number of aryl methyl sites for hydroxylation is 2. The average Bonchev–Trinajstić information content (AvgIpc) is 2.70. The van der Waals surface area contributed by atoms with Gasteiger partial charge in [0.2, 0.25) is 21.8 Å². The SMILES string of the molecule is CCNC(=O)C(C)N(Cc1ccccc1C)C(=O)CN(c1ccc(Cl)cc1C)S(C)(=O)=O. The Balaban J connectivity index is 2.43. The van der Waals surface area contributed by atoms with Gasteiger partial charge in [0, 0.05) is 18.1 Å². The van der Waals surface area contributed by atoms with Gasteiger partial charge in [-0.05, 0) is 62.6 Å². The first-order valence-electron chi connectivity index (χ1n) is 10.3. The fourth-order valence-electron chi connectivity index (χ4n) is 3.37. The minimum atomic E-state index is -3.78. The summed E-state index contributed by atoms with van der Waals surface area (Å²) in [6, 6.07) is 11.6. The van der Waals surface area contributed by atoms with E-state index in [4.69, 9.17) is 11.6 Å². The Morgan fingerprint density at radius 3 is 2.31 bits per heavy atom. The molecule has 0 heterocycles. The van der Waals surface area contributed by atoms with Crippen LogP contribution in [0.15, 0.2) is 42.5 Å². The lowest BCUT2D eigenvalue weighted by atomic mass is 10.1. The molecule has 1 N–H and O–H groups in total. The number of nitrogens with zero attached hydrogens (tertiary/aromatic N) is 2. The molecule has 0 radical (unpaired) electrons. The maximum Gasteiger partial charge on any atom is 0.244 e. The van der Waals surface area contributed by atoms with E-state index in [-0.39, 0.29) is 12.5 Å². The normalized spacial score (nSPS) is 12.2. The van der Waals surface area contributed by atoms with Gasteiger partial charge in [-0.3, -0.25) is 13.9 Å². The predicted octanol–water partition coefficient (Wildman–Crippen LogP) is 3.28. The molecule has 0 fully saturated rings. The molecule has 0 aliphatic rings.